The van der Waals surface area contributed by atoms with Crippen molar-refractivity contribution in [3.05, 3.63) is 64.7 Å². The number of hydrogen-bond donors (Lipinski definition) is 1. The predicted molar refractivity (Wildman–Crippen MR) is 95.0 cm³/mol. The van der Waals surface area contributed by atoms with Gasteiger partial charge in [-0.1, -0.05) is 24.3 Å². The molecule has 4 nitrogen and oxygen atoms in total. The zero-order valence-electron chi connectivity index (χ0n) is 14.1. The number of rotatable bonds is 4. The van der Waals surface area contributed by atoms with Crippen molar-refractivity contribution in [1.29, 1.82) is 0 Å². The molecule has 3 rings (SSSR count). The maximum atomic E-state index is 12.4. The van der Waals surface area contributed by atoms with Crippen LogP contribution in [0.2, 0.25) is 0 Å². The van der Waals surface area contributed by atoms with E-state index in [4.69, 9.17) is 0 Å². The van der Waals surface area contributed by atoms with Crippen molar-refractivity contribution in [2.24, 2.45) is 0 Å². The zero-order chi connectivity index (χ0) is 17.1. The molecule has 1 N–H and O–H groups in total. The highest BCUT2D eigenvalue weighted by molar-refractivity contribution is 6.04. The van der Waals surface area contributed by atoms with Crippen LogP contribution in [0.25, 0.3) is 0 Å². The Labute approximate surface area is 142 Å². The molecule has 124 valence electrons. The van der Waals surface area contributed by atoms with Crippen LogP contribution < -0.4 is 5.32 Å². The van der Waals surface area contributed by atoms with E-state index < -0.39 is 0 Å². The van der Waals surface area contributed by atoms with Gasteiger partial charge < -0.3 is 10.2 Å². The van der Waals surface area contributed by atoms with E-state index in [0.717, 1.165) is 35.3 Å². The third kappa shape index (κ3) is 3.65. The predicted octanol–water partition coefficient (Wildman–Crippen LogP) is 3.68. The van der Waals surface area contributed by atoms with Crippen LogP contribution >= 0.6 is 0 Å². The van der Waals surface area contributed by atoms with Crippen LogP contribution in [0.3, 0.4) is 0 Å². The first-order valence-corrected chi connectivity index (χ1v) is 8.28. The second-order valence-electron chi connectivity index (χ2n) is 6.39. The lowest BCUT2D eigenvalue weighted by molar-refractivity contribution is -0.128. The quantitative estimate of drug-likeness (QED) is 0.933. The van der Waals surface area contributed by atoms with Gasteiger partial charge in [0.2, 0.25) is 5.91 Å². The Morgan fingerprint density at radius 3 is 2.54 bits per heavy atom. The number of likely N-dealkylation sites (tertiary alicyclic amines) is 1. The lowest BCUT2D eigenvalue weighted by Crippen LogP contribution is -2.23. The van der Waals surface area contributed by atoms with Crippen LogP contribution in [-0.2, 0) is 11.3 Å². The molecule has 0 atom stereocenters. The van der Waals surface area contributed by atoms with E-state index in [9.17, 15) is 9.59 Å². The monoisotopic (exact) mass is 322 g/mol. The summed E-state index contributed by atoms with van der Waals surface area (Å²) >= 11 is 0. The van der Waals surface area contributed by atoms with Crippen molar-refractivity contribution < 1.29 is 9.59 Å². The second-order valence-corrected chi connectivity index (χ2v) is 6.39. The Bertz CT molecular complexity index is 766. The molecular weight excluding hydrogens is 300 g/mol. The Balaban J connectivity index is 1.67. The summed E-state index contributed by atoms with van der Waals surface area (Å²) in [6.45, 7) is 5.43. The number of carbonyl (C=O) groups is 2. The molecule has 0 unspecified atom stereocenters. The van der Waals surface area contributed by atoms with E-state index in [1.165, 1.54) is 0 Å². The van der Waals surface area contributed by atoms with Crippen molar-refractivity contribution >= 4 is 17.5 Å². The third-order valence-corrected chi connectivity index (χ3v) is 4.40. The minimum Gasteiger partial charge on any atom is -0.338 e. The first-order chi connectivity index (χ1) is 11.5. The third-order valence-electron chi connectivity index (χ3n) is 4.40. The molecule has 2 aromatic carbocycles. The molecule has 0 aromatic heterocycles. The molecule has 24 heavy (non-hydrogen) atoms. The summed E-state index contributed by atoms with van der Waals surface area (Å²) in [6.07, 6.45) is 1.59. The lowest BCUT2D eigenvalue weighted by atomic mass is 10.1. The minimum absolute atomic E-state index is 0.118. The Hall–Kier alpha value is -2.62. The van der Waals surface area contributed by atoms with Gasteiger partial charge in [-0.2, -0.15) is 0 Å². The van der Waals surface area contributed by atoms with Crippen molar-refractivity contribution in [1.82, 2.24) is 4.90 Å². The average molecular weight is 322 g/mol. The van der Waals surface area contributed by atoms with Gasteiger partial charge in [0, 0.05) is 30.8 Å². The number of nitrogens with one attached hydrogen (secondary N) is 1. The molecular formula is C20H22N2O2. The number of anilines is 1. The standard InChI is InChI=1S/C20H22N2O2/c1-14-5-6-15(2)18(12-14)21-20(24)17-9-7-16(8-10-17)13-22-11-3-4-19(22)23/h5-10,12H,3-4,11,13H2,1-2H3,(H,21,24). The van der Waals surface area contributed by atoms with E-state index in [-0.39, 0.29) is 11.8 Å². The summed E-state index contributed by atoms with van der Waals surface area (Å²) in [5, 5.41) is 2.96. The first-order valence-electron chi connectivity index (χ1n) is 8.28. The molecule has 0 aliphatic carbocycles. The van der Waals surface area contributed by atoms with Gasteiger partial charge in [0.15, 0.2) is 0 Å². The highest BCUT2D eigenvalue weighted by Gasteiger charge is 2.20. The lowest BCUT2D eigenvalue weighted by Gasteiger charge is -2.15. The van der Waals surface area contributed by atoms with E-state index in [0.29, 0.717) is 18.5 Å². The molecule has 2 amide bonds. The van der Waals surface area contributed by atoms with Crippen molar-refractivity contribution in [3.8, 4) is 0 Å². The maximum absolute atomic E-state index is 12.4. The van der Waals surface area contributed by atoms with Gasteiger partial charge in [-0.15, -0.1) is 0 Å². The summed E-state index contributed by atoms with van der Waals surface area (Å²) in [5.41, 5.74) is 4.66. The van der Waals surface area contributed by atoms with Gasteiger partial charge in [-0.05, 0) is 55.2 Å². The molecule has 1 fully saturated rings. The maximum Gasteiger partial charge on any atom is 0.255 e. The molecule has 1 aliphatic heterocycles. The van der Waals surface area contributed by atoms with Crippen LogP contribution in [0.4, 0.5) is 5.69 Å². The minimum atomic E-state index is -0.118. The molecule has 4 heteroatoms. The van der Waals surface area contributed by atoms with Crippen LogP contribution in [0.5, 0.6) is 0 Å². The summed E-state index contributed by atoms with van der Waals surface area (Å²) in [7, 11) is 0. The number of nitrogens with zero attached hydrogens (tertiary/aromatic N) is 1. The van der Waals surface area contributed by atoms with E-state index in [1.54, 1.807) is 0 Å². The average Bonchev–Trinajstić information content (AvgIpc) is 2.96. The fraction of sp³-hybridized carbons (Fsp3) is 0.300. The fourth-order valence-electron chi connectivity index (χ4n) is 2.92. The summed E-state index contributed by atoms with van der Waals surface area (Å²) < 4.78 is 0. The van der Waals surface area contributed by atoms with Crippen molar-refractivity contribution in [3.63, 3.8) is 0 Å². The highest BCUT2D eigenvalue weighted by atomic mass is 16.2. The second kappa shape index (κ2) is 6.87. The van der Waals surface area contributed by atoms with Crippen molar-refractivity contribution in [2.75, 3.05) is 11.9 Å². The highest BCUT2D eigenvalue weighted by Crippen LogP contribution is 2.18. The van der Waals surface area contributed by atoms with Gasteiger partial charge in [0.05, 0.1) is 0 Å². The molecule has 0 saturated carbocycles. The Morgan fingerprint density at radius 2 is 1.88 bits per heavy atom. The topological polar surface area (TPSA) is 49.4 Å². The van der Waals surface area contributed by atoms with Gasteiger partial charge in [0.1, 0.15) is 0 Å². The number of amides is 2. The Kier molecular flexibility index (Phi) is 4.65. The van der Waals surface area contributed by atoms with Crippen LogP contribution in [-0.4, -0.2) is 23.3 Å². The van der Waals surface area contributed by atoms with Gasteiger partial charge in [-0.25, -0.2) is 0 Å². The van der Waals surface area contributed by atoms with E-state index in [2.05, 4.69) is 5.32 Å². The van der Waals surface area contributed by atoms with Crippen LogP contribution in [0.1, 0.15) is 39.9 Å². The number of aryl methyl sites for hydroxylation is 2. The Morgan fingerprint density at radius 1 is 1.12 bits per heavy atom. The van der Waals surface area contributed by atoms with Gasteiger partial charge in [-0.3, -0.25) is 9.59 Å². The summed E-state index contributed by atoms with van der Waals surface area (Å²) in [4.78, 5) is 26.0. The fourth-order valence-corrected chi connectivity index (χ4v) is 2.92. The SMILES string of the molecule is Cc1ccc(C)c(NC(=O)c2ccc(CN3CCCC3=O)cc2)c1. The molecule has 1 saturated heterocycles. The van der Waals surface area contributed by atoms with Crippen LogP contribution in [0, 0.1) is 13.8 Å². The molecule has 0 spiro atoms. The molecule has 2 aromatic rings. The van der Waals surface area contributed by atoms with Crippen LogP contribution in [0.15, 0.2) is 42.5 Å². The largest absolute Gasteiger partial charge is 0.338 e. The van der Waals surface area contributed by atoms with E-state index in [1.807, 2.05) is 61.2 Å². The summed E-state index contributed by atoms with van der Waals surface area (Å²) in [6, 6.07) is 13.5. The van der Waals surface area contributed by atoms with Gasteiger partial charge in [0.25, 0.3) is 5.91 Å². The number of benzene rings is 2. The van der Waals surface area contributed by atoms with E-state index >= 15 is 0 Å². The molecule has 0 bridgehead atoms. The zero-order valence-corrected chi connectivity index (χ0v) is 14.1. The first kappa shape index (κ1) is 16.2. The molecule has 1 aliphatic rings. The number of hydrogen-bond acceptors (Lipinski definition) is 2. The number of carbonyl (C=O) groups excluding carboxylic acids is 2. The normalized spacial score (nSPS) is 14.1. The van der Waals surface area contributed by atoms with Crippen molar-refractivity contribution in [2.45, 2.75) is 33.2 Å². The summed E-state index contributed by atoms with van der Waals surface area (Å²) in [5.74, 6) is 0.0965. The molecule has 0 radical (unpaired) electrons. The molecule has 1 heterocycles. The van der Waals surface area contributed by atoms with Gasteiger partial charge >= 0.3 is 0 Å². The smallest absolute Gasteiger partial charge is 0.255 e.